The number of fused-ring (bicyclic) bond motifs is 1. The molecular weight excluding hydrogens is 398 g/mol. The van der Waals surface area contributed by atoms with Gasteiger partial charge in [-0.3, -0.25) is 14.2 Å². The van der Waals surface area contributed by atoms with Crippen molar-refractivity contribution in [3.05, 3.63) is 34.6 Å². The van der Waals surface area contributed by atoms with Gasteiger partial charge in [0.05, 0.1) is 27.7 Å². The predicted octanol–water partition coefficient (Wildman–Crippen LogP) is 2.10. The number of nitrogens with zero attached hydrogens (tertiary/aromatic N) is 3. The Kier molecular flexibility index (Phi) is 5.86. The van der Waals surface area contributed by atoms with Crippen LogP contribution in [-0.4, -0.2) is 58.6 Å². The van der Waals surface area contributed by atoms with E-state index in [0.717, 1.165) is 0 Å². The summed E-state index contributed by atoms with van der Waals surface area (Å²) in [5, 5.41) is 0.547. The molecule has 7 nitrogen and oxygen atoms in total. The minimum absolute atomic E-state index is 0.0115. The molecule has 2 atom stereocenters. The number of carbonyl (C=O) groups excluding carboxylic acids is 1. The fourth-order valence-corrected chi connectivity index (χ4v) is 6.34. The minimum atomic E-state index is -3.06. The zero-order chi connectivity index (χ0) is 20.6. The van der Waals surface area contributed by atoms with Crippen molar-refractivity contribution in [2.24, 2.45) is 0 Å². The van der Waals surface area contributed by atoms with Gasteiger partial charge in [0.2, 0.25) is 5.91 Å². The predicted molar refractivity (Wildman–Crippen MR) is 112 cm³/mol. The van der Waals surface area contributed by atoms with E-state index in [9.17, 15) is 18.0 Å². The highest BCUT2D eigenvalue weighted by Crippen LogP contribution is 2.27. The van der Waals surface area contributed by atoms with Crippen molar-refractivity contribution in [3.63, 3.8) is 0 Å². The summed E-state index contributed by atoms with van der Waals surface area (Å²) in [6.07, 6.45) is 0.465. The number of aromatic nitrogens is 2. The normalized spacial score (nSPS) is 19.8. The molecule has 9 heteroatoms. The first kappa shape index (κ1) is 20.9. The van der Waals surface area contributed by atoms with Gasteiger partial charge >= 0.3 is 0 Å². The summed E-state index contributed by atoms with van der Waals surface area (Å²) in [7, 11) is -1.42. The molecule has 28 heavy (non-hydrogen) atoms. The maximum Gasteiger partial charge on any atom is 0.262 e. The van der Waals surface area contributed by atoms with E-state index in [2.05, 4.69) is 4.98 Å². The summed E-state index contributed by atoms with van der Waals surface area (Å²) < 4.78 is 25.0. The summed E-state index contributed by atoms with van der Waals surface area (Å²) in [6.45, 7) is 5.58. The second-order valence-corrected chi connectivity index (χ2v) is 11.0. The molecule has 3 rings (SSSR count). The maximum atomic E-state index is 12.9. The molecule has 0 aliphatic carbocycles. The average molecular weight is 424 g/mol. The van der Waals surface area contributed by atoms with Gasteiger partial charge in [0, 0.05) is 19.1 Å². The van der Waals surface area contributed by atoms with Crippen molar-refractivity contribution in [1.82, 2.24) is 14.5 Å². The molecule has 0 unspecified atom stereocenters. The molecule has 0 saturated carbocycles. The molecule has 1 amide bonds. The summed E-state index contributed by atoms with van der Waals surface area (Å²) in [4.78, 5) is 31.9. The zero-order valence-corrected chi connectivity index (χ0v) is 18.1. The Balaban J connectivity index is 1.88. The van der Waals surface area contributed by atoms with Crippen LogP contribution < -0.4 is 5.56 Å². The number of carbonyl (C=O) groups is 1. The first-order chi connectivity index (χ1) is 13.1. The van der Waals surface area contributed by atoms with Crippen LogP contribution in [0.25, 0.3) is 10.9 Å². The number of thioether (sulfide) groups is 1. The maximum absolute atomic E-state index is 12.9. The lowest BCUT2D eigenvalue weighted by atomic mass is 10.2. The van der Waals surface area contributed by atoms with Gasteiger partial charge in [0.1, 0.15) is 0 Å². The van der Waals surface area contributed by atoms with E-state index in [1.807, 2.05) is 19.9 Å². The van der Waals surface area contributed by atoms with Crippen LogP contribution in [0, 0.1) is 0 Å². The topological polar surface area (TPSA) is 89.3 Å². The van der Waals surface area contributed by atoms with Gasteiger partial charge < -0.3 is 4.90 Å². The third kappa shape index (κ3) is 4.10. The number of rotatable bonds is 5. The van der Waals surface area contributed by atoms with Crippen LogP contribution in [0.5, 0.6) is 0 Å². The minimum Gasteiger partial charge on any atom is -0.341 e. The molecule has 2 heterocycles. The standard InChI is InChI=1S/C19H25N3O4S2/c1-12(2)22-18(24)15-7-5-6-8-16(15)20-19(22)27-13(3)17(23)21(4)14-9-10-28(25,26)11-14/h5-8,12-14H,9-11H2,1-4H3/t13-,14-/m1/s1. The van der Waals surface area contributed by atoms with Crippen molar-refractivity contribution in [3.8, 4) is 0 Å². The molecule has 2 aromatic rings. The second kappa shape index (κ2) is 7.87. The van der Waals surface area contributed by atoms with Crippen LogP contribution in [0.15, 0.2) is 34.2 Å². The van der Waals surface area contributed by atoms with E-state index in [1.54, 1.807) is 36.7 Å². The Bertz CT molecular complexity index is 1060. The van der Waals surface area contributed by atoms with Crippen molar-refractivity contribution in [1.29, 1.82) is 0 Å². The van der Waals surface area contributed by atoms with Crippen molar-refractivity contribution >= 4 is 38.4 Å². The summed E-state index contributed by atoms with van der Waals surface area (Å²) in [6, 6.07) is 6.77. The van der Waals surface area contributed by atoms with E-state index in [0.29, 0.717) is 22.5 Å². The lowest BCUT2D eigenvalue weighted by Crippen LogP contribution is -2.42. The zero-order valence-electron chi connectivity index (χ0n) is 16.5. The molecule has 1 saturated heterocycles. The largest absolute Gasteiger partial charge is 0.341 e. The molecule has 1 aromatic carbocycles. The third-order valence-electron chi connectivity index (χ3n) is 5.03. The van der Waals surface area contributed by atoms with Crippen LogP contribution in [0.1, 0.15) is 33.2 Å². The first-order valence-corrected chi connectivity index (χ1v) is 12.0. The number of sulfone groups is 1. The van der Waals surface area contributed by atoms with Gasteiger partial charge in [-0.05, 0) is 39.3 Å². The van der Waals surface area contributed by atoms with Crippen LogP contribution in [-0.2, 0) is 14.6 Å². The second-order valence-electron chi connectivity index (χ2n) is 7.45. The molecule has 152 valence electrons. The highest BCUT2D eigenvalue weighted by atomic mass is 32.2. The lowest BCUT2D eigenvalue weighted by molar-refractivity contribution is -0.130. The monoisotopic (exact) mass is 423 g/mol. The van der Waals surface area contributed by atoms with Gasteiger partial charge in [-0.25, -0.2) is 13.4 Å². The highest BCUT2D eigenvalue weighted by molar-refractivity contribution is 8.00. The van der Waals surface area contributed by atoms with Gasteiger partial charge in [0.15, 0.2) is 15.0 Å². The molecule has 0 radical (unpaired) electrons. The lowest BCUT2D eigenvalue weighted by Gasteiger charge is -2.26. The van der Waals surface area contributed by atoms with Gasteiger partial charge in [-0.1, -0.05) is 23.9 Å². The summed E-state index contributed by atoms with van der Waals surface area (Å²) >= 11 is 1.23. The molecular formula is C19H25N3O4S2. The van der Waals surface area contributed by atoms with Gasteiger partial charge in [0.25, 0.3) is 5.56 Å². The van der Waals surface area contributed by atoms with E-state index < -0.39 is 15.1 Å². The average Bonchev–Trinajstić information content (AvgIpc) is 3.00. The van der Waals surface area contributed by atoms with E-state index in [-0.39, 0.29) is 35.1 Å². The number of benzene rings is 1. The fraction of sp³-hybridized carbons (Fsp3) is 0.526. The first-order valence-electron chi connectivity index (χ1n) is 9.25. The Hall–Kier alpha value is -1.87. The Morgan fingerprint density at radius 1 is 1.29 bits per heavy atom. The van der Waals surface area contributed by atoms with Crippen LogP contribution in [0.4, 0.5) is 0 Å². The summed E-state index contributed by atoms with van der Waals surface area (Å²) in [5.41, 5.74) is 0.472. The summed E-state index contributed by atoms with van der Waals surface area (Å²) in [5.74, 6) is -0.0298. The Morgan fingerprint density at radius 2 is 1.96 bits per heavy atom. The van der Waals surface area contributed by atoms with E-state index in [1.165, 1.54) is 16.7 Å². The fourth-order valence-electron chi connectivity index (χ4n) is 3.42. The number of hydrogen-bond donors (Lipinski definition) is 0. The molecule has 1 fully saturated rings. The molecule has 0 spiro atoms. The molecule has 1 aliphatic heterocycles. The molecule has 0 bridgehead atoms. The quantitative estimate of drug-likeness (QED) is 0.540. The number of hydrogen-bond acceptors (Lipinski definition) is 6. The van der Waals surface area contributed by atoms with E-state index >= 15 is 0 Å². The number of amides is 1. The molecule has 1 aromatic heterocycles. The van der Waals surface area contributed by atoms with Crippen LogP contribution in [0.2, 0.25) is 0 Å². The van der Waals surface area contributed by atoms with Gasteiger partial charge in [-0.2, -0.15) is 0 Å². The van der Waals surface area contributed by atoms with Crippen molar-refractivity contribution in [2.75, 3.05) is 18.6 Å². The SMILES string of the molecule is CC(C)n1c(S[C@H](C)C(=O)N(C)[C@@H]2CCS(=O)(=O)C2)nc2ccccc2c1=O. The smallest absolute Gasteiger partial charge is 0.262 e. The van der Waals surface area contributed by atoms with Gasteiger partial charge in [-0.15, -0.1) is 0 Å². The highest BCUT2D eigenvalue weighted by Gasteiger charge is 2.34. The molecule has 0 N–H and O–H groups in total. The molecule has 1 aliphatic rings. The van der Waals surface area contributed by atoms with Crippen molar-refractivity contribution < 1.29 is 13.2 Å². The van der Waals surface area contributed by atoms with Crippen LogP contribution in [0.3, 0.4) is 0 Å². The Labute approximate surface area is 169 Å². The Morgan fingerprint density at radius 3 is 2.57 bits per heavy atom. The third-order valence-corrected chi connectivity index (χ3v) is 7.83. The van der Waals surface area contributed by atoms with Crippen LogP contribution >= 0.6 is 11.8 Å². The number of para-hydroxylation sites is 1. The van der Waals surface area contributed by atoms with E-state index in [4.69, 9.17) is 0 Å². The van der Waals surface area contributed by atoms with Crippen molar-refractivity contribution in [2.45, 2.75) is 49.7 Å².